The van der Waals surface area contributed by atoms with E-state index in [-0.39, 0.29) is 29.3 Å². The first-order chi connectivity index (χ1) is 11.8. The van der Waals surface area contributed by atoms with Crippen molar-refractivity contribution in [2.24, 2.45) is 5.92 Å². The van der Waals surface area contributed by atoms with E-state index in [1.54, 1.807) is 24.0 Å². The molecular weight excluding hydrogens is 325 g/mol. The van der Waals surface area contributed by atoms with Crippen LogP contribution in [0.25, 0.3) is 0 Å². The normalized spacial score (nSPS) is 25.8. The van der Waals surface area contributed by atoms with Gasteiger partial charge in [0, 0.05) is 18.2 Å². The largest absolute Gasteiger partial charge is 0.347 e. The van der Waals surface area contributed by atoms with Crippen LogP contribution < -0.4 is 10.6 Å². The van der Waals surface area contributed by atoms with Gasteiger partial charge in [-0.3, -0.25) is 14.4 Å². The zero-order chi connectivity index (χ0) is 18.3. The predicted octanol–water partition coefficient (Wildman–Crippen LogP) is 0.988. The van der Waals surface area contributed by atoms with Gasteiger partial charge in [-0.05, 0) is 37.0 Å². The smallest absolute Gasteiger partial charge is 0.251 e. The molecule has 3 atom stereocenters. The Hall–Kier alpha value is -2.44. The summed E-state index contributed by atoms with van der Waals surface area (Å²) in [4.78, 5) is 38.6. The third-order valence-electron chi connectivity index (χ3n) is 4.89. The molecule has 2 aliphatic rings. The summed E-state index contributed by atoms with van der Waals surface area (Å²) < 4.78 is 13.6. The highest BCUT2D eigenvalue weighted by molar-refractivity contribution is 5.98. The quantitative estimate of drug-likeness (QED) is 0.856. The molecule has 2 heterocycles. The first-order valence-corrected chi connectivity index (χ1v) is 8.45. The Morgan fingerprint density at radius 1 is 1.36 bits per heavy atom. The highest BCUT2D eigenvalue weighted by Crippen LogP contribution is 2.25. The summed E-state index contributed by atoms with van der Waals surface area (Å²) in [6.07, 6.45) is 0.364. The topological polar surface area (TPSA) is 78.5 Å². The molecule has 0 saturated carbocycles. The van der Waals surface area contributed by atoms with Gasteiger partial charge in [-0.1, -0.05) is 19.9 Å². The Morgan fingerprint density at radius 3 is 2.72 bits per heavy atom. The van der Waals surface area contributed by atoms with E-state index < -0.39 is 23.8 Å². The van der Waals surface area contributed by atoms with Crippen LogP contribution in [-0.4, -0.2) is 47.3 Å². The number of nitrogens with zero attached hydrogens (tertiary/aromatic N) is 1. The lowest BCUT2D eigenvalue weighted by Gasteiger charge is -2.36. The van der Waals surface area contributed by atoms with Gasteiger partial charge >= 0.3 is 0 Å². The molecule has 2 saturated heterocycles. The summed E-state index contributed by atoms with van der Waals surface area (Å²) >= 11 is 0. The Balaban J connectivity index is 1.70. The summed E-state index contributed by atoms with van der Waals surface area (Å²) in [7, 11) is 0. The first kappa shape index (κ1) is 17.4. The van der Waals surface area contributed by atoms with Crippen molar-refractivity contribution in [2.45, 2.75) is 45.3 Å². The van der Waals surface area contributed by atoms with Crippen molar-refractivity contribution in [1.29, 1.82) is 0 Å². The number of piperazine rings is 1. The zero-order valence-corrected chi connectivity index (χ0v) is 14.5. The van der Waals surface area contributed by atoms with E-state index in [1.807, 2.05) is 13.8 Å². The highest BCUT2D eigenvalue weighted by atomic mass is 19.1. The minimum absolute atomic E-state index is 0.00146. The number of hydrogen-bond acceptors (Lipinski definition) is 3. The van der Waals surface area contributed by atoms with E-state index in [2.05, 4.69) is 10.6 Å². The predicted molar refractivity (Wildman–Crippen MR) is 89.3 cm³/mol. The Kier molecular flexibility index (Phi) is 4.49. The molecule has 1 aromatic rings. The van der Waals surface area contributed by atoms with Crippen molar-refractivity contribution in [3.05, 3.63) is 35.1 Å². The van der Waals surface area contributed by atoms with Gasteiger partial charge in [0.05, 0.1) is 0 Å². The molecule has 7 heteroatoms. The molecule has 0 unspecified atom stereocenters. The number of rotatable bonds is 3. The minimum Gasteiger partial charge on any atom is -0.347 e. The van der Waals surface area contributed by atoms with Crippen LogP contribution in [0.4, 0.5) is 4.39 Å². The maximum Gasteiger partial charge on any atom is 0.251 e. The van der Waals surface area contributed by atoms with Crippen LogP contribution in [0.3, 0.4) is 0 Å². The molecule has 134 valence electrons. The number of hydrogen-bond donors (Lipinski definition) is 2. The number of aryl methyl sites for hydroxylation is 1. The number of nitrogens with one attached hydrogen (secondary N) is 2. The Morgan fingerprint density at radius 2 is 2.08 bits per heavy atom. The lowest BCUT2D eigenvalue weighted by atomic mass is 9.98. The summed E-state index contributed by atoms with van der Waals surface area (Å²) in [5.74, 6) is -1.14. The standard InChI is InChI=1S/C18H22FN3O3/c1-9(2)15-18(25)22-8-12(7-14(22)17(24)21-15)20-16(23)11-5-4-10(3)13(19)6-11/h4-6,9,12,14-15H,7-8H2,1-3H3,(H,20,23)(H,21,24)/t12-,14-,15+/m0/s1. The molecule has 0 spiro atoms. The Labute approximate surface area is 145 Å². The van der Waals surface area contributed by atoms with Crippen molar-refractivity contribution in [3.63, 3.8) is 0 Å². The lowest BCUT2D eigenvalue weighted by molar-refractivity contribution is -0.148. The van der Waals surface area contributed by atoms with Gasteiger partial charge in [-0.15, -0.1) is 0 Å². The molecule has 1 aromatic carbocycles. The van der Waals surface area contributed by atoms with Gasteiger partial charge in [0.25, 0.3) is 5.91 Å². The van der Waals surface area contributed by atoms with Gasteiger partial charge in [0.15, 0.2) is 0 Å². The van der Waals surface area contributed by atoms with Gasteiger partial charge in [-0.2, -0.15) is 0 Å². The van der Waals surface area contributed by atoms with Gasteiger partial charge < -0.3 is 15.5 Å². The van der Waals surface area contributed by atoms with Crippen LogP contribution in [-0.2, 0) is 9.59 Å². The fraction of sp³-hybridized carbons (Fsp3) is 0.500. The molecule has 3 rings (SSSR count). The number of carbonyl (C=O) groups excluding carboxylic acids is 3. The summed E-state index contributed by atoms with van der Waals surface area (Å²) in [5, 5.41) is 5.57. The molecule has 0 radical (unpaired) electrons. The number of halogens is 1. The van der Waals surface area contributed by atoms with E-state index in [1.165, 1.54) is 6.07 Å². The maximum absolute atomic E-state index is 13.6. The lowest BCUT2D eigenvalue weighted by Crippen LogP contribution is -2.62. The third-order valence-corrected chi connectivity index (χ3v) is 4.89. The van der Waals surface area contributed by atoms with Crippen LogP contribution in [0.5, 0.6) is 0 Å². The molecule has 2 N–H and O–H groups in total. The zero-order valence-electron chi connectivity index (χ0n) is 14.5. The van der Waals surface area contributed by atoms with Crippen molar-refractivity contribution in [2.75, 3.05) is 6.54 Å². The molecule has 3 amide bonds. The van der Waals surface area contributed by atoms with Crippen LogP contribution in [0.15, 0.2) is 18.2 Å². The Bertz CT molecular complexity index is 734. The number of carbonyl (C=O) groups is 3. The van der Waals surface area contributed by atoms with Crippen molar-refractivity contribution in [3.8, 4) is 0 Å². The summed E-state index contributed by atoms with van der Waals surface area (Å²) in [6.45, 7) is 5.68. The van der Waals surface area contributed by atoms with Crippen LogP contribution >= 0.6 is 0 Å². The fourth-order valence-electron chi connectivity index (χ4n) is 3.38. The van der Waals surface area contributed by atoms with Crippen molar-refractivity contribution < 1.29 is 18.8 Å². The van der Waals surface area contributed by atoms with Crippen LogP contribution in [0.1, 0.15) is 36.2 Å². The second-order valence-corrected chi connectivity index (χ2v) is 7.11. The van der Waals surface area contributed by atoms with E-state index in [0.717, 1.165) is 0 Å². The number of fused-ring (bicyclic) bond motifs is 1. The van der Waals surface area contributed by atoms with Gasteiger partial charge in [-0.25, -0.2) is 4.39 Å². The molecule has 25 heavy (non-hydrogen) atoms. The van der Waals surface area contributed by atoms with Gasteiger partial charge in [0.1, 0.15) is 17.9 Å². The van der Waals surface area contributed by atoms with E-state index in [4.69, 9.17) is 0 Å². The van der Waals surface area contributed by atoms with Crippen molar-refractivity contribution in [1.82, 2.24) is 15.5 Å². The third kappa shape index (κ3) is 3.23. The van der Waals surface area contributed by atoms with Crippen LogP contribution in [0.2, 0.25) is 0 Å². The fourth-order valence-corrected chi connectivity index (χ4v) is 3.38. The molecule has 0 bridgehead atoms. The highest BCUT2D eigenvalue weighted by Gasteiger charge is 2.47. The summed E-state index contributed by atoms with van der Waals surface area (Å²) in [6, 6.07) is 2.89. The molecule has 2 fully saturated rings. The molecule has 0 aliphatic carbocycles. The molecule has 0 aromatic heterocycles. The number of benzene rings is 1. The molecule has 2 aliphatic heterocycles. The van der Waals surface area contributed by atoms with Gasteiger partial charge in [0.2, 0.25) is 11.8 Å². The number of amides is 3. The van der Waals surface area contributed by atoms with E-state index in [0.29, 0.717) is 18.5 Å². The first-order valence-electron chi connectivity index (χ1n) is 8.45. The SMILES string of the molecule is Cc1ccc(C(=O)N[C@H]2C[C@H]3C(=O)N[C@H](C(C)C)C(=O)N3C2)cc1F. The van der Waals surface area contributed by atoms with Crippen molar-refractivity contribution >= 4 is 17.7 Å². The van der Waals surface area contributed by atoms with E-state index in [9.17, 15) is 18.8 Å². The second kappa shape index (κ2) is 6.46. The minimum atomic E-state index is -0.553. The van der Waals surface area contributed by atoms with E-state index >= 15 is 0 Å². The molecular formula is C18H22FN3O3. The average Bonchev–Trinajstić information content (AvgIpc) is 2.97. The maximum atomic E-state index is 13.6. The molecule has 6 nitrogen and oxygen atoms in total. The average molecular weight is 347 g/mol. The monoisotopic (exact) mass is 347 g/mol. The summed E-state index contributed by atoms with van der Waals surface area (Å²) in [5.41, 5.74) is 0.695. The second-order valence-electron chi connectivity index (χ2n) is 7.11. The van der Waals surface area contributed by atoms with Crippen LogP contribution in [0, 0.1) is 18.7 Å².